The monoisotopic (exact) mass is 359 g/mol. The molecule has 1 saturated heterocycles. The Labute approximate surface area is 155 Å². The smallest absolute Gasteiger partial charge is 0.307 e. The lowest BCUT2D eigenvalue weighted by molar-refractivity contribution is -0.147. The summed E-state index contributed by atoms with van der Waals surface area (Å²) in [5.74, 6) is -2.01. The van der Waals surface area contributed by atoms with E-state index in [4.69, 9.17) is 0 Å². The molecule has 26 heavy (non-hydrogen) atoms. The van der Waals surface area contributed by atoms with Crippen molar-refractivity contribution in [3.63, 3.8) is 0 Å². The van der Waals surface area contributed by atoms with Gasteiger partial charge in [-0.2, -0.15) is 0 Å². The van der Waals surface area contributed by atoms with Gasteiger partial charge >= 0.3 is 5.97 Å². The van der Waals surface area contributed by atoms with E-state index < -0.39 is 17.8 Å². The van der Waals surface area contributed by atoms with Crippen LogP contribution in [0.1, 0.15) is 32.6 Å². The third kappa shape index (κ3) is 4.36. The van der Waals surface area contributed by atoms with Gasteiger partial charge in [0, 0.05) is 37.6 Å². The van der Waals surface area contributed by atoms with Crippen LogP contribution in [0.2, 0.25) is 0 Å². The molecule has 2 fully saturated rings. The zero-order valence-electron chi connectivity index (χ0n) is 15.5. The molecule has 1 aromatic carbocycles. The van der Waals surface area contributed by atoms with E-state index in [2.05, 4.69) is 22.0 Å². The number of amides is 1. The van der Waals surface area contributed by atoms with Crippen LogP contribution in [0.3, 0.4) is 0 Å². The number of aliphatic carboxylic acids is 1. The third-order valence-electron chi connectivity index (χ3n) is 5.74. The molecule has 2 atom stereocenters. The molecule has 0 unspecified atom stereocenters. The van der Waals surface area contributed by atoms with E-state index in [1.807, 2.05) is 24.3 Å². The van der Waals surface area contributed by atoms with E-state index >= 15 is 0 Å². The number of rotatable bonds is 5. The Morgan fingerprint density at radius 3 is 2.23 bits per heavy atom. The Balaban J connectivity index is 1.58. The predicted octanol–water partition coefficient (Wildman–Crippen LogP) is 2.66. The molecular weight excluding hydrogens is 330 g/mol. The standard InChI is InChI=1S/C20H29N3O3/c1-2-22-11-13-23(14-12-22)16-9-7-15(8-10-16)21-19(24)17-5-3-4-6-18(17)20(25)26/h7-10,17-18H,2-6,11-14H2,1H3,(H,21,24)(H,25,26)/t17-,18-/m0/s1. The van der Waals surface area contributed by atoms with Gasteiger partial charge in [-0.05, 0) is 43.7 Å². The number of carboxylic acids is 1. The predicted molar refractivity (Wildman–Crippen MR) is 102 cm³/mol. The molecule has 0 bridgehead atoms. The highest BCUT2D eigenvalue weighted by Crippen LogP contribution is 2.31. The van der Waals surface area contributed by atoms with Crippen LogP contribution < -0.4 is 10.2 Å². The number of nitrogens with one attached hydrogen (secondary N) is 1. The van der Waals surface area contributed by atoms with Gasteiger partial charge < -0.3 is 20.2 Å². The number of carbonyl (C=O) groups excluding carboxylic acids is 1. The lowest BCUT2D eigenvalue weighted by Crippen LogP contribution is -2.46. The molecule has 0 spiro atoms. The molecule has 0 aromatic heterocycles. The van der Waals surface area contributed by atoms with Gasteiger partial charge in [0.1, 0.15) is 0 Å². The van der Waals surface area contributed by atoms with Gasteiger partial charge in [-0.3, -0.25) is 9.59 Å². The molecule has 1 aliphatic heterocycles. The first-order valence-electron chi connectivity index (χ1n) is 9.69. The minimum absolute atomic E-state index is 0.165. The third-order valence-corrected chi connectivity index (χ3v) is 5.74. The van der Waals surface area contributed by atoms with Gasteiger partial charge in [0.05, 0.1) is 11.8 Å². The Hall–Kier alpha value is -2.08. The lowest BCUT2D eigenvalue weighted by atomic mass is 9.78. The van der Waals surface area contributed by atoms with Gasteiger partial charge in [0.25, 0.3) is 0 Å². The van der Waals surface area contributed by atoms with Gasteiger partial charge in [-0.25, -0.2) is 0 Å². The first-order chi connectivity index (χ1) is 12.6. The van der Waals surface area contributed by atoms with Crippen molar-refractivity contribution in [3.8, 4) is 0 Å². The zero-order chi connectivity index (χ0) is 18.5. The van der Waals surface area contributed by atoms with Crippen molar-refractivity contribution >= 4 is 23.3 Å². The molecule has 1 aromatic rings. The average Bonchev–Trinajstić information content (AvgIpc) is 2.68. The normalized spacial score (nSPS) is 24.3. The van der Waals surface area contributed by atoms with Crippen molar-refractivity contribution in [2.75, 3.05) is 42.9 Å². The molecule has 1 amide bonds. The Bertz CT molecular complexity index is 624. The summed E-state index contributed by atoms with van der Waals surface area (Å²) in [6.45, 7) is 7.47. The number of likely N-dealkylation sites (N-methyl/N-ethyl adjacent to an activating group) is 1. The van der Waals surface area contributed by atoms with E-state index in [0.717, 1.165) is 51.3 Å². The molecule has 0 radical (unpaired) electrons. The number of carbonyl (C=O) groups is 2. The Morgan fingerprint density at radius 2 is 1.65 bits per heavy atom. The van der Waals surface area contributed by atoms with Crippen molar-refractivity contribution in [1.29, 1.82) is 0 Å². The van der Waals surface area contributed by atoms with Crippen molar-refractivity contribution in [2.45, 2.75) is 32.6 Å². The molecule has 3 rings (SSSR count). The highest BCUT2D eigenvalue weighted by atomic mass is 16.4. The van der Waals surface area contributed by atoms with Crippen LogP contribution in [0.5, 0.6) is 0 Å². The maximum Gasteiger partial charge on any atom is 0.307 e. The van der Waals surface area contributed by atoms with Crippen LogP contribution >= 0.6 is 0 Å². The number of benzene rings is 1. The fraction of sp³-hybridized carbons (Fsp3) is 0.600. The Morgan fingerprint density at radius 1 is 1.04 bits per heavy atom. The maximum atomic E-state index is 12.5. The molecule has 6 nitrogen and oxygen atoms in total. The van der Waals surface area contributed by atoms with Gasteiger partial charge in [0.15, 0.2) is 0 Å². The first-order valence-corrected chi connectivity index (χ1v) is 9.69. The average molecular weight is 359 g/mol. The zero-order valence-corrected chi connectivity index (χ0v) is 15.5. The molecule has 2 N–H and O–H groups in total. The van der Waals surface area contributed by atoms with Crippen LogP contribution in [0.15, 0.2) is 24.3 Å². The second kappa shape index (κ2) is 8.54. The van der Waals surface area contributed by atoms with Crippen LogP contribution in [0.25, 0.3) is 0 Å². The number of hydrogen-bond acceptors (Lipinski definition) is 4. The van der Waals surface area contributed by atoms with Crippen molar-refractivity contribution in [1.82, 2.24) is 4.90 Å². The molecule has 6 heteroatoms. The summed E-state index contributed by atoms with van der Waals surface area (Å²) in [5, 5.41) is 12.3. The van der Waals surface area contributed by atoms with Crippen LogP contribution in [-0.2, 0) is 9.59 Å². The molecule has 1 heterocycles. The fourth-order valence-electron chi connectivity index (χ4n) is 4.05. The van der Waals surface area contributed by atoms with Gasteiger partial charge in [-0.15, -0.1) is 0 Å². The second-order valence-electron chi connectivity index (χ2n) is 7.29. The summed E-state index contributed by atoms with van der Waals surface area (Å²) in [7, 11) is 0. The SMILES string of the molecule is CCN1CCN(c2ccc(NC(=O)[C@H]3CCCC[C@@H]3C(=O)O)cc2)CC1. The largest absolute Gasteiger partial charge is 0.481 e. The number of carboxylic acid groups (broad SMARTS) is 1. The summed E-state index contributed by atoms with van der Waals surface area (Å²) in [5.41, 5.74) is 1.90. The molecule has 2 aliphatic rings. The van der Waals surface area contributed by atoms with E-state index in [9.17, 15) is 14.7 Å². The molecular formula is C20H29N3O3. The quantitative estimate of drug-likeness (QED) is 0.846. The summed E-state index contributed by atoms with van der Waals surface area (Å²) in [4.78, 5) is 28.7. The van der Waals surface area contributed by atoms with Crippen molar-refractivity contribution in [2.24, 2.45) is 11.8 Å². The molecule has 1 aliphatic carbocycles. The van der Waals surface area contributed by atoms with E-state index in [1.54, 1.807) is 0 Å². The highest BCUT2D eigenvalue weighted by Gasteiger charge is 2.35. The van der Waals surface area contributed by atoms with E-state index in [1.165, 1.54) is 5.69 Å². The fourth-order valence-corrected chi connectivity index (χ4v) is 4.05. The van der Waals surface area contributed by atoms with E-state index in [-0.39, 0.29) is 5.91 Å². The van der Waals surface area contributed by atoms with Crippen molar-refractivity contribution < 1.29 is 14.7 Å². The van der Waals surface area contributed by atoms with Crippen LogP contribution in [0.4, 0.5) is 11.4 Å². The number of hydrogen-bond donors (Lipinski definition) is 2. The number of piperazine rings is 1. The minimum atomic E-state index is -0.855. The Kier molecular flexibility index (Phi) is 6.14. The molecule has 142 valence electrons. The summed E-state index contributed by atoms with van der Waals surface area (Å²) < 4.78 is 0. The summed E-state index contributed by atoms with van der Waals surface area (Å²) in [6.07, 6.45) is 3.06. The summed E-state index contributed by atoms with van der Waals surface area (Å²) >= 11 is 0. The second-order valence-corrected chi connectivity index (χ2v) is 7.29. The van der Waals surface area contributed by atoms with Crippen LogP contribution in [0, 0.1) is 11.8 Å². The van der Waals surface area contributed by atoms with Crippen molar-refractivity contribution in [3.05, 3.63) is 24.3 Å². The first kappa shape index (κ1) is 18.7. The minimum Gasteiger partial charge on any atom is -0.481 e. The summed E-state index contributed by atoms with van der Waals surface area (Å²) in [6, 6.07) is 7.90. The number of anilines is 2. The van der Waals surface area contributed by atoms with Crippen LogP contribution in [-0.4, -0.2) is 54.6 Å². The molecule has 1 saturated carbocycles. The van der Waals surface area contributed by atoms with E-state index in [0.29, 0.717) is 12.8 Å². The maximum absolute atomic E-state index is 12.5. The van der Waals surface area contributed by atoms with Gasteiger partial charge in [0.2, 0.25) is 5.91 Å². The topological polar surface area (TPSA) is 72.9 Å². The van der Waals surface area contributed by atoms with Gasteiger partial charge in [-0.1, -0.05) is 19.8 Å². The lowest BCUT2D eigenvalue weighted by Gasteiger charge is -2.35. The highest BCUT2D eigenvalue weighted by molar-refractivity contribution is 5.95. The number of nitrogens with zero attached hydrogens (tertiary/aromatic N) is 2.